The number of rotatable bonds is 7. The molecule has 1 aromatic carbocycles. The van der Waals surface area contributed by atoms with Crippen molar-refractivity contribution in [3.63, 3.8) is 0 Å². The van der Waals surface area contributed by atoms with Crippen molar-refractivity contribution in [3.8, 4) is 0 Å². The molecule has 2 atom stereocenters. The predicted molar refractivity (Wildman–Crippen MR) is 85.3 cm³/mol. The summed E-state index contributed by atoms with van der Waals surface area (Å²) in [5.74, 6) is 1.15. The summed E-state index contributed by atoms with van der Waals surface area (Å²) in [6.07, 6.45) is 5.85. The minimum Gasteiger partial charge on any atom is -0.378 e. The molecule has 0 amide bonds. The summed E-state index contributed by atoms with van der Waals surface area (Å²) in [4.78, 5) is 1.37. The van der Waals surface area contributed by atoms with Gasteiger partial charge < -0.3 is 10.1 Å². The van der Waals surface area contributed by atoms with Crippen LogP contribution in [-0.2, 0) is 4.74 Å². The molecule has 2 aliphatic carbocycles. The molecule has 20 heavy (non-hydrogen) atoms. The second-order valence-corrected chi connectivity index (χ2v) is 7.10. The van der Waals surface area contributed by atoms with E-state index in [1.54, 1.807) is 0 Å². The Morgan fingerprint density at radius 1 is 1.30 bits per heavy atom. The highest BCUT2D eigenvalue weighted by atomic mass is 32.2. The Hall–Kier alpha value is -0.510. The van der Waals surface area contributed by atoms with Crippen molar-refractivity contribution in [2.45, 2.75) is 49.6 Å². The van der Waals surface area contributed by atoms with E-state index < -0.39 is 0 Å². The molecule has 0 heterocycles. The Kier molecular flexibility index (Phi) is 4.69. The third-order valence-corrected chi connectivity index (χ3v) is 5.96. The van der Waals surface area contributed by atoms with Crippen LogP contribution in [0.25, 0.3) is 0 Å². The molecule has 0 saturated heterocycles. The van der Waals surface area contributed by atoms with Crippen LogP contribution in [0, 0.1) is 5.41 Å². The number of hydrogen-bond acceptors (Lipinski definition) is 3. The maximum atomic E-state index is 5.90. The van der Waals surface area contributed by atoms with Crippen molar-refractivity contribution in [2.75, 3.05) is 18.9 Å². The second kappa shape index (κ2) is 6.50. The normalized spacial score (nSPS) is 27.1. The fourth-order valence-electron chi connectivity index (χ4n) is 3.64. The molecule has 2 fully saturated rings. The summed E-state index contributed by atoms with van der Waals surface area (Å²) >= 11 is 1.94. The van der Waals surface area contributed by atoms with Crippen LogP contribution in [0.4, 0.5) is 0 Å². The van der Waals surface area contributed by atoms with Gasteiger partial charge in [-0.15, -0.1) is 11.8 Å². The first-order chi connectivity index (χ1) is 9.85. The van der Waals surface area contributed by atoms with Crippen LogP contribution in [0.1, 0.15) is 32.6 Å². The third kappa shape index (κ3) is 2.76. The Balaban J connectivity index is 1.39. The van der Waals surface area contributed by atoms with E-state index in [4.69, 9.17) is 4.74 Å². The highest BCUT2D eigenvalue weighted by Crippen LogP contribution is 2.57. The fourth-order valence-corrected chi connectivity index (χ4v) is 4.45. The molecule has 2 saturated carbocycles. The van der Waals surface area contributed by atoms with E-state index in [0.29, 0.717) is 17.6 Å². The molecule has 1 aromatic rings. The number of ether oxygens (including phenoxy) is 1. The Bertz CT molecular complexity index is 418. The average molecular weight is 291 g/mol. The Morgan fingerprint density at radius 3 is 2.75 bits per heavy atom. The molecule has 110 valence electrons. The molecule has 3 rings (SSSR count). The standard InChI is InChI=1S/C17H25NOS/c1-2-19-16-13-15(17(16)9-6-10-17)18-11-12-20-14-7-4-3-5-8-14/h3-5,7-8,15-16,18H,2,6,9-13H2,1H3. The summed E-state index contributed by atoms with van der Waals surface area (Å²) in [5.41, 5.74) is 0.493. The van der Waals surface area contributed by atoms with Crippen LogP contribution >= 0.6 is 11.8 Å². The average Bonchev–Trinajstić information content (AvgIpc) is 2.40. The lowest BCUT2D eigenvalue weighted by Crippen LogP contribution is -2.67. The highest BCUT2D eigenvalue weighted by Gasteiger charge is 2.58. The van der Waals surface area contributed by atoms with Crippen molar-refractivity contribution in [1.29, 1.82) is 0 Å². The molecule has 1 spiro atoms. The van der Waals surface area contributed by atoms with E-state index in [1.165, 1.54) is 30.6 Å². The van der Waals surface area contributed by atoms with Crippen molar-refractivity contribution < 1.29 is 4.74 Å². The maximum Gasteiger partial charge on any atom is 0.0661 e. The van der Waals surface area contributed by atoms with Gasteiger partial charge in [0, 0.05) is 35.3 Å². The minimum absolute atomic E-state index is 0.493. The van der Waals surface area contributed by atoms with Crippen molar-refractivity contribution in [1.82, 2.24) is 5.32 Å². The quantitative estimate of drug-likeness (QED) is 0.611. The van der Waals surface area contributed by atoms with E-state index in [2.05, 4.69) is 42.6 Å². The van der Waals surface area contributed by atoms with Crippen LogP contribution in [0.15, 0.2) is 35.2 Å². The number of benzene rings is 1. The van der Waals surface area contributed by atoms with Crippen LogP contribution < -0.4 is 5.32 Å². The first-order valence-corrected chi connectivity index (χ1v) is 8.86. The summed E-state index contributed by atoms with van der Waals surface area (Å²) in [5, 5.41) is 3.77. The molecule has 0 radical (unpaired) electrons. The molecule has 2 nitrogen and oxygen atoms in total. The second-order valence-electron chi connectivity index (χ2n) is 5.93. The monoisotopic (exact) mass is 291 g/mol. The molecule has 2 unspecified atom stereocenters. The van der Waals surface area contributed by atoms with E-state index >= 15 is 0 Å². The van der Waals surface area contributed by atoms with Gasteiger partial charge >= 0.3 is 0 Å². The Labute approximate surface area is 126 Å². The fraction of sp³-hybridized carbons (Fsp3) is 0.647. The van der Waals surface area contributed by atoms with Gasteiger partial charge in [0.15, 0.2) is 0 Å². The molecule has 3 heteroatoms. The summed E-state index contributed by atoms with van der Waals surface area (Å²) in [7, 11) is 0. The zero-order chi connectivity index (χ0) is 13.8. The number of hydrogen-bond donors (Lipinski definition) is 1. The zero-order valence-electron chi connectivity index (χ0n) is 12.3. The van der Waals surface area contributed by atoms with Crippen molar-refractivity contribution in [3.05, 3.63) is 30.3 Å². The SMILES string of the molecule is CCOC1CC(NCCSc2ccccc2)C12CCC2. The van der Waals surface area contributed by atoms with Gasteiger partial charge in [-0.05, 0) is 38.3 Å². The predicted octanol–water partition coefficient (Wildman–Crippen LogP) is 3.72. The van der Waals surface area contributed by atoms with Gasteiger partial charge in [0.25, 0.3) is 0 Å². The van der Waals surface area contributed by atoms with Gasteiger partial charge in [-0.25, -0.2) is 0 Å². The van der Waals surface area contributed by atoms with E-state index in [-0.39, 0.29) is 0 Å². The van der Waals surface area contributed by atoms with Crippen molar-refractivity contribution >= 4 is 11.8 Å². The molecular formula is C17H25NOS. The molecule has 1 N–H and O–H groups in total. The summed E-state index contributed by atoms with van der Waals surface area (Å²) in [6.45, 7) is 4.08. The third-order valence-electron chi connectivity index (χ3n) is 4.94. The van der Waals surface area contributed by atoms with Gasteiger partial charge in [-0.3, -0.25) is 0 Å². The van der Waals surface area contributed by atoms with Gasteiger partial charge in [0.2, 0.25) is 0 Å². The molecule has 2 aliphatic rings. The summed E-state index contributed by atoms with van der Waals surface area (Å²) < 4.78 is 5.90. The smallest absolute Gasteiger partial charge is 0.0661 e. The Morgan fingerprint density at radius 2 is 2.10 bits per heavy atom. The van der Waals surface area contributed by atoms with Gasteiger partial charge in [-0.1, -0.05) is 24.6 Å². The van der Waals surface area contributed by atoms with Crippen LogP contribution in [0.5, 0.6) is 0 Å². The van der Waals surface area contributed by atoms with Crippen LogP contribution in [0.3, 0.4) is 0 Å². The first-order valence-electron chi connectivity index (χ1n) is 7.88. The lowest BCUT2D eigenvalue weighted by atomic mass is 9.51. The highest BCUT2D eigenvalue weighted by molar-refractivity contribution is 7.99. The maximum absolute atomic E-state index is 5.90. The minimum atomic E-state index is 0.493. The van der Waals surface area contributed by atoms with Crippen molar-refractivity contribution in [2.24, 2.45) is 5.41 Å². The van der Waals surface area contributed by atoms with E-state index in [9.17, 15) is 0 Å². The lowest BCUT2D eigenvalue weighted by molar-refractivity contribution is -0.172. The van der Waals surface area contributed by atoms with Gasteiger partial charge in [0.05, 0.1) is 6.10 Å². The largest absolute Gasteiger partial charge is 0.378 e. The molecule has 0 bridgehead atoms. The lowest BCUT2D eigenvalue weighted by Gasteiger charge is -2.61. The molecule has 0 aliphatic heterocycles. The van der Waals surface area contributed by atoms with Gasteiger partial charge in [-0.2, -0.15) is 0 Å². The summed E-state index contributed by atoms with van der Waals surface area (Å²) in [6, 6.07) is 11.4. The van der Waals surface area contributed by atoms with Gasteiger partial charge in [0.1, 0.15) is 0 Å². The topological polar surface area (TPSA) is 21.3 Å². The molecular weight excluding hydrogens is 266 g/mol. The van der Waals surface area contributed by atoms with Crippen LogP contribution in [-0.4, -0.2) is 31.1 Å². The number of thioether (sulfide) groups is 1. The molecule has 0 aromatic heterocycles. The number of nitrogens with one attached hydrogen (secondary N) is 1. The van der Waals surface area contributed by atoms with Crippen LogP contribution in [0.2, 0.25) is 0 Å². The zero-order valence-corrected chi connectivity index (χ0v) is 13.1. The van der Waals surface area contributed by atoms with E-state index in [1.807, 2.05) is 11.8 Å². The van der Waals surface area contributed by atoms with E-state index in [0.717, 1.165) is 18.9 Å². The first kappa shape index (κ1) is 14.4.